The van der Waals surface area contributed by atoms with E-state index < -0.39 is 0 Å². The number of halogens is 1. The van der Waals surface area contributed by atoms with E-state index in [1.807, 2.05) is 24.3 Å². The van der Waals surface area contributed by atoms with Gasteiger partial charge < -0.3 is 15.0 Å². The highest BCUT2D eigenvalue weighted by Crippen LogP contribution is 2.23. The molecule has 1 N–H and O–H groups in total. The number of hydrogen-bond acceptors (Lipinski definition) is 2. The lowest BCUT2D eigenvalue weighted by molar-refractivity contribution is 0.00848. The van der Waals surface area contributed by atoms with Gasteiger partial charge in [0.25, 0.3) is 0 Å². The minimum Gasteiger partial charge on any atom is -0.378 e. The number of amides is 2. The van der Waals surface area contributed by atoms with E-state index in [0.717, 1.165) is 42.7 Å². The van der Waals surface area contributed by atoms with E-state index in [2.05, 4.69) is 5.32 Å². The van der Waals surface area contributed by atoms with Crippen LogP contribution in [-0.4, -0.2) is 37.2 Å². The third-order valence-electron chi connectivity index (χ3n) is 4.70. The van der Waals surface area contributed by atoms with Crippen molar-refractivity contribution in [3.05, 3.63) is 54.3 Å². The highest BCUT2D eigenvalue weighted by Gasteiger charge is 2.16. The maximum atomic E-state index is 13.1. The smallest absolute Gasteiger partial charge is 0.321 e. The summed E-state index contributed by atoms with van der Waals surface area (Å²) in [7, 11) is 1.79. The number of hydrogen-bond donors (Lipinski definition) is 1. The van der Waals surface area contributed by atoms with Crippen molar-refractivity contribution in [3.63, 3.8) is 0 Å². The van der Waals surface area contributed by atoms with Gasteiger partial charge in [0, 0.05) is 25.9 Å². The summed E-state index contributed by atoms with van der Waals surface area (Å²) in [6, 6.07) is 13.7. The second-order valence-corrected chi connectivity index (χ2v) is 6.72. The van der Waals surface area contributed by atoms with Crippen LogP contribution in [0, 0.1) is 5.82 Å². The van der Waals surface area contributed by atoms with Crippen molar-refractivity contribution in [2.45, 2.75) is 31.8 Å². The molecule has 1 aliphatic heterocycles. The molecular formula is C21H25FN2O2. The van der Waals surface area contributed by atoms with Crippen LogP contribution in [0.25, 0.3) is 11.1 Å². The molecule has 138 valence electrons. The van der Waals surface area contributed by atoms with Crippen LogP contribution in [0.2, 0.25) is 0 Å². The molecule has 1 heterocycles. The molecule has 1 aliphatic rings. The summed E-state index contributed by atoms with van der Waals surface area (Å²) in [5.41, 5.74) is 2.56. The molecule has 26 heavy (non-hydrogen) atoms. The summed E-state index contributed by atoms with van der Waals surface area (Å²) < 4.78 is 18.8. The highest BCUT2D eigenvalue weighted by molar-refractivity contribution is 5.90. The van der Waals surface area contributed by atoms with Gasteiger partial charge in [-0.2, -0.15) is 0 Å². The van der Waals surface area contributed by atoms with Gasteiger partial charge in [-0.1, -0.05) is 24.3 Å². The van der Waals surface area contributed by atoms with Crippen molar-refractivity contribution in [3.8, 4) is 11.1 Å². The third kappa shape index (κ3) is 5.05. The zero-order valence-corrected chi connectivity index (χ0v) is 15.1. The first-order valence-electron chi connectivity index (χ1n) is 9.11. The van der Waals surface area contributed by atoms with E-state index in [0.29, 0.717) is 6.54 Å². The fourth-order valence-corrected chi connectivity index (χ4v) is 3.11. The summed E-state index contributed by atoms with van der Waals surface area (Å²) in [5.74, 6) is -0.262. The zero-order valence-electron chi connectivity index (χ0n) is 15.1. The molecule has 0 aliphatic carbocycles. The molecule has 1 fully saturated rings. The zero-order chi connectivity index (χ0) is 18.4. The third-order valence-corrected chi connectivity index (χ3v) is 4.70. The molecule has 0 bridgehead atoms. The summed E-state index contributed by atoms with van der Waals surface area (Å²) in [5, 5.41) is 2.92. The normalized spacial score (nSPS) is 16.9. The Balaban J connectivity index is 1.56. The first-order valence-corrected chi connectivity index (χ1v) is 9.11. The van der Waals surface area contributed by atoms with Crippen molar-refractivity contribution in [2.24, 2.45) is 0 Å². The van der Waals surface area contributed by atoms with Crippen LogP contribution in [0.3, 0.4) is 0 Å². The SMILES string of the molecule is CN(CC[C@@H]1CCCCO1)C(=O)Nc1cccc(-c2ccc(F)cc2)c1. The second-order valence-electron chi connectivity index (χ2n) is 6.72. The minimum atomic E-state index is -0.262. The van der Waals surface area contributed by atoms with Crippen LogP contribution in [0.4, 0.5) is 14.9 Å². The van der Waals surface area contributed by atoms with Gasteiger partial charge in [-0.3, -0.25) is 0 Å². The predicted molar refractivity (Wildman–Crippen MR) is 102 cm³/mol. The van der Waals surface area contributed by atoms with Gasteiger partial charge in [0.2, 0.25) is 0 Å². The van der Waals surface area contributed by atoms with Gasteiger partial charge in [-0.15, -0.1) is 0 Å². The maximum absolute atomic E-state index is 13.1. The first kappa shape index (κ1) is 18.4. The van der Waals surface area contributed by atoms with Crippen LogP contribution in [0.5, 0.6) is 0 Å². The Hall–Kier alpha value is -2.40. The summed E-state index contributed by atoms with van der Waals surface area (Å²) in [4.78, 5) is 14.1. The fourth-order valence-electron chi connectivity index (χ4n) is 3.11. The van der Waals surface area contributed by atoms with Crippen molar-refractivity contribution in [1.29, 1.82) is 0 Å². The van der Waals surface area contributed by atoms with Crippen molar-refractivity contribution in [1.82, 2.24) is 4.90 Å². The van der Waals surface area contributed by atoms with E-state index in [9.17, 15) is 9.18 Å². The topological polar surface area (TPSA) is 41.6 Å². The van der Waals surface area contributed by atoms with Crippen molar-refractivity contribution >= 4 is 11.7 Å². The Morgan fingerprint density at radius 3 is 2.73 bits per heavy atom. The van der Waals surface area contributed by atoms with Gasteiger partial charge in [0.1, 0.15) is 5.82 Å². The average molecular weight is 356 g/mol. The molecule has 5 heteroatoms. The lowest BCUT2D eigenvalue weighted by atomic mass is 10.1. The highest BCUT2D eigenvalue weighted by atomic mass is 19.1. The number of rotatable bonds is 5. The molecule has 4 nitrogen and oxygen atoms in total. The Kier molecular flexibility index (Phi) is 6.23. The van der Waals surface area contributed by atoms with E-state index >= 15 is 0 Å². The van der Waals surface area contributed by atoms with Crippen LogP contribution < -0.4 is 5.32 Å². The number of nitrogens with one attached hydrogen (secondary N) is 1. The Morgan fingerprint density at radius 2 is 2.00 bits per heavy atom. The molecule has 3 rings (SSSR count). The molecule has 1 atom stereocenters. The van der Waals surface area contributed by atoms with Crippen LogP contribution in [-0.2, 0) is 4.74 Å². The number of anilines is 1. The van der Waals surface area contributed by atoms with E-state index in [-0.39, 0.29) is 18.0 Å². The summed E-state index contributed by atoms with van der Waals surface area (Å²) >= 11 is 0. The Bertz CT molecular complexity index is 727. The van der Waals surface area contributed by atoms with Crippen LogP contribution >= 0.6 is 0 Å². The number of benzene rings is 2. The molecule has 2 aromatic rings. The largest absolute Gasteiger partial charge is 0.378 e. The molecule has 0 aromatic heterocycles. The number of ether oxygens (including phenoxy) is 1. The van der Waals surface area contributed by atoms with E-state index in [4.69, 9.17) is 4.74 Å². The number of urea groups is 1. The van der Waals surface area contributed by atoms with Crippen molar-refractivity contribution < 1.29 is 13.9 Å². The maximum Gasteiger partial charge on any atom is 0.321 e. The van der Waals surface area contributed by atoms with Gasteiger partial charge in [0.15, 0.2) is 0 Å². The fraction of sp³-hybridized carbons (Fsp3) is 0.381. The first-order chi connectivity index (χ1) is 12.6. The Labute approximate surface area is 154 Å². The quantitative estimate of drug-likeness (QED) is 0.826. The molecule has 2 aromatic carbocycles. The second kappa shape index (κ2) is 8.81. The molecule has 0 spiro atoms. The van der Waals surface area contributed by atoms with Crippen LogP contribution in [0.1, 0.15) is 25.7 Å². The molecule has 0 unspecified atom stereocenters. The molecule has 1 saturated heterocycles. The minimum absolute atomic E-state index is 0.142. The monoisotopic (exact) mass is 356 g/mol. The predicted octanol–water partition coefficient (Wildman–Crippen LogP) is 4.92. The molecular weight excluding hydrogens is 331 g/mol. The number of carbonyl (C=O) groups excluding carboxylic acids is 1. The van der Waals surface area contributed by atoms with Gasteiger partial charge in [-0.05, 0) is 61.1 Å². The van der Waals surface area contributed by atoms with Crippen LogP contribution in [0.15, 0.2) is 48.5 Å². The summed E-state index contributed by atoms with van der Waals surface area (Å²) in [6.07, 6.45) is 4.55. The van der Waals surface area contributed by atoms with E-state index in [1.165, 1.54) is 18.6 Å². The number of carbonyl (C=O) groups is 1. The number of nitrogens with zero attached hydrogens (tertiary/aromatic N) is 1. The Morgan fingerprint density at radius 1 is 1.19 bits per heavy atom. The summed E-state index contributed by atoms with van der Waals surface area (Å²) in [6.45, 7) is 1.49. The standard InChI is InChI=1S/C21H25FN2O2/c1-24(13-12-20-7-2-3-14-26-20)21(25)23-19-6-4-5-17(15-19)16-8-10-18(22)11-9-16/h4-6,8-11,15,20H,2-3,7,12-14H2,1H3,(H,23,25)/t20-/m0/s1. The van der Waals surface area contributed by atoms with Gasteiger partial charge in [0.05, 0.1) is 6.10 Å². The molecule has 0 saturated carbocycles. The average Bonchev–Trinajstić information content (AvgIpc) is 2.67. The lowest BCUT2D eigenvalue weighted by Gasteiger charge is -2.25. The molecule has 0 radical (unpaired) electrons. The van der Waals surface area contributed by atoms with Gasteiger partial charge in [-0.25, -0.2) is 9.18 Å². The van der Waals surface area contributed by atoms with Crippen molar-refractivity contribution in [2.75, 3.05) is 25.5 Å². The van der Waals surface area contributed by atoms with Gasteiger partial charge >= 0.3 is 6.03 Å². The van der Waals surface area contributed by atoms with E-state index in [1.54, 1.807) is 24.1 Å². The molecule has 2 amide bonds. The lowest BCUT2D eigenvalue weighted by Crippen LogP contribution is -2.34.